The lowest BCUT2D eigenvalue weighted by Gasteiger charge is -2.16. The lowest BCUT2D eigenvalue weighted by molar-refractivity contribution is -0.123. The summed E-state index contributed by atoms with van der Waals surface area (Å²) in [5.41, 5.74) is 2.88. The molecule has 0 saturated carbocycles. The Morgan fingerprint density at radius 3 is 2.48 bits per heavy atom. The summed E-state index contributed by atoms with van der Waals surface area (Å²) < 4.78 is 10.4. The quantitative estimate of drug-likeness (QED) is 0.812. The van der Waals surface area contributed by atoms with E-state index in [1.54, 1.807) is 12.1 Å². The van der Waals surface area contributed by atoms with Crippen LogP contribution in [0.25, 0.3) is 0 Å². The van der Waals surface area contributed by atoms with Gasteiger partial charge in [-0.15, -0.1) is 0 Å². The molecule has 0 unspecified atom stereocenters. The van der Waals surface area contributed by atoms with E-state index in [2.05, 4.69) is 5.32 Å². The zero-order valence-electron chi connectivity index (χ0n) is 14.6. The second-order valence-corrected chi connectivity index (χ2v) is 6.14. The minimum absolute atomic E-state index is 0.168. The first-order valence-corrected chi connectivity index (χ1v) is 8.12. The van der Waals surface area contributed by atoms with Crippen LogP contribution in [0.4, 0.5) is 5.69 Å². The predicted octanol–water partition coefficient (Wildman–Crippen LogP) is 4.15. The fraction of sp³-hybridized carbons (Fsp3) is 0.263. The Hall–Kier alpha value is -2.53. The predicted molar refractivity (Wildman–Crippen MR) is 97.4 cm³/mol. The van der Waals surface area contributed by atoms with E-state index < -0.39 is 18.0 Å². The molecular formula is C19H20ClNO4. The van der Waals surface area contributed by atoms with Gasteiger partial charge in [-0.1, -0.05) is 29.3 Å². The molecule has 1 atom stereocenters. The highest BCUT2D eigenvalue weighted by atomic mass is 35.5. The molecule has 1 amide bonds. The van der Waals surface area contributed by atoms with Crippen LogP contribution in [-0.4, -0.2) is 25.1 Å². The van der Waals surface area contributed by atoms with Crippen LogP contribution in [0.2, 0.25) is 5.02 Å². The van der Waals surface area contributed by atoms with Gasteiger partial charge in [0, 0.05) is 10.7 Å². The monoisotopic (exact) mass is 361 g/mol. The number of esters is 1. The summed E-state index contributed by atoms with van der Waals surface area (Å²) in [6.07, 6.45) is -0.975. The number of amides is 1. The van der Waals surface area contributed by atoms with Crippen molar-refractivity contribution in [3.63, 3.8) is 0 Å². The Balaban J connectivity index is 2.08. The molecule has 0 spiro atoms. The number of aryl methyl sites for hydroxylation is 2. The van der Waals surface area contributed by atoms with Crippen LogP contribution in [0.5, 0.6) is 5.75 Å². The molecule has 0 heterocycles. The molecule has 0 aromatic heterocycles. The first-order valence-electron chi connectivity index (χ1n) is 7.74. The molecule has 1 N–H and O–H groups in total. The zero-order chi connectivity index (χ0) is 18.6. The maximum atomic E-state index is 12.3. The summed E-state index contributed by atoms with van der Waals surface area (Å²) in [6.45, 7) is 5.38. The van der Waals surface area contributed by atoms with Crippen molar-refractivity contribution in [1.29, 1.82) is 0 Å². The third-order valence-corrected chi connectivity index (χ3v) is 3.91. The minimum Gasteiger partial charge on any atom is -0.496 e. The van der Waals surface area contributed by atoms with E-state index in [1.807, 2.05) is 32.0 Å². The number of benzene rings is 2. The molecule has 0 aliphatic heterocycles. The molecule has 0 aliphatic carbocycles. The first kappa shape index (κ1) is 18.8. The maximum Gasteiger partial charge on any atom is 0.342 e. The van der Waals surface area contributed by atoms with Crippen molar-refractivity contribution in [1.82, 2.24) is 0 Å². The standard InChI is InChI=1S/C19H20ClNO4/c1-11-5-7-16(12(2)9-11)21-18(22)13(3)25-19(23)15-10-14(20)6-8-17(15)24-4/h5-10,13H,1-4H3,(H,21,22)/t13-/m0/s1. The van der Waals surface area contributed by atoms with Gasteiger partial charge >= 0.3 is 5.97 Å². The number of anilines is 1. The van der Waals surface area contributed by atoms with Gasteiger partial charge in [0.2, 0.25) is 0 Å². The number of carbonyl (C=O) groups excluding carboxylic acids is 2. The van der Waals surface area contributed by atoms with Crippen LogP contribution in [-0.2, 0) is 9.53 Å². The van der Waals surface area contributed by atoms with Gasteiger partial charge < -0.3 is 14.8 Å². The molecule has 0 fully saturated rings. The third kappa shape index (κ3) is 4.73. The molecule has 132 valence electrons. The average molecular weight is 362 g/mol. The molecule has 5 nitrogen and oxygen atoms in total. The number of rotatable bonds is 5. The van der Waals surface area contributed by atoms with Crippen LogP contribution in [0.3, 0.4) is 0 Å². The van der Waals surface area contributed by atoms with E-state index in [-0.39, 0.29) is 5.56 Å². The van der Waals surface area contributed by atoms with Crippen molar-refractivity contribution in [2.75, 3.05) is 12.4 Å². The summed E-state index contributed by atoms with van der Waals surface area (Å²) >= 11 is 5.91. The highest BCUT2D eigenvalue weighted by Gasteiger charge is 2.22. The smallest absolute Gasteiger partial charge is 0.342 e. The summed E-state index contributed by atoms with van der Waals surface area (Å²) in [5, 5.41) is 3.14. The van der Waals surface area contributed by atoms with Gasteiger partial charge in [-0.2, -0.15) is 0 Å². The molecule has 0 aliphatic rings. The van der Waals surface area contributed by atoms with E-state index in [4.69, 9.17) is 21.1 Å². The van der Waals surface area contributed by atoms with Crippen LogP contribution < -0.4 is 10.1 Å². The Bertz CT molecular complexity index is 804. The largest absolute Gasteiger partial charge is 0.496 e. The van der Waals surface area contributed by atoms with Crippen molar-refractivity contribution < 1.29 is 19.1 Å². The van der Waals surface area contributed by atoms with Gasteiger partial charge in [-0.05, 0) is 50.6 Å². The highest BCUT2D eigenvalue weighted by molar-refractivity contribution is 6.31. The van der Waals surface area contributed by atoms with E-state index in [1.165, 1.54) is 20.1 Å². The van der Waals surface area contributed by atoms with Gasteiger partial charge in [-0.3, -0.25) is 4.79 Å². The Labute approximate surface area is 151 Å². The van der Waals surface area contributed by atoms with Crippen LogP contribution in [0.15, 0.2) is 36.4 Å². The van der Waals surface area contributed by atoms with E-state index in [0.717, 1.165) is 11.1 Å². The van der Waals surface area contributed by atoms with Crippen LogP contribution >= 0.6 is 11.6 Å². The third-order valence-electron chi connectivity index (χ3n) is 3.67. The van der Waals surface area contributed by atoms with E-state index in [0.29, 0.717) is 16.5 Å². The molecule has 0 radical (unpaired) electrons. The number of halogens is 1. The fourth-order valence-corrected chi connectivity index (χ4v) is 2.48. The molecule has 2 aromatic carbocycles. The van der Waals surface area contributed by atoms with E-state index >= 15 is 0 Å². The highest BCUT2D eigenvalue weighted by Crippen LogP contribution is 2.24. The lowest BCUT2D eigenvalue weighted by atomic mass is 10.1. The fourth-order valence-electron chi connectivity index (χ4n) is 2.31. The van der Waals surface area contributed by atoms with Crippen molar-refractivity contribution >= 4 is 29.2 Å². The summed E-state index contributed by atoms with van der Waals surface area (Å²) in [4.78, 5) is 24.6. The average Bonchev–Trinajstić information content (AvgIpc) is 2.57. The van der Waals surface area contributed by atoms with Gasteiger partial charge in [0.1, 0.15) is 11.3 Å². The molecule has 25 heavy (non-hydrogen) atoms. The number of carbonyl (C=O) groups is 2. The van der Waals surface area contributed by atoms with E-state index in [9.17, 15) is 9.59 Å². The lowest BCUT2D eigenvalue weighted by Crippen LogP contribution is -2.30. The summed E-state index contributed by atoms with van der Waals surface area (Å²) in [7, 11) is 1.44. The number of ether oxygens (including phenoxy) is 2. The van der Waals surface area contributed by atoms with Gasteiger partial charge in [-0.25, -0.2) is 4.79 Å². The summed E-state index contributed by atoms with van der Waals surface area (Å²) in [6, 6.07) is 10.3. The molecule has 0 saturated heterocycles. The van der Waals surface area contributed by atoms with Crippen LogP contribution in [0, 0.1) is 13.8 Å². The minimum atomic E-state index is -0.975. The van der Waals surface area contributed by atoms with Crippen LogP contribution in [0.1, 0.15) is 28.4 Å². The zero-order valence-corrected chi connectivity index (χ0v) is 15.3. The maximum absolute atomic E-state index is 12.3. The van der Waals surface area contributed by atoms with Crippen molar-refractivity contribution in [2.45, 2.75) is 26.9 Å². The molecular weight excluding hydrogens is 342 g/mol. The topological polar surface area (TPSA) is 64.6 Å². The first-order chi connectivity index (χ1) is 11.8. The van der Waals surface area contributed by atoms with Gasteiger partial charge in [0.15, 0.2) is 6.10 Å². The van der Waals surface area contributed by atoms with Gasteiger partial charge in [0.05, 0.1) is 7.11 Å². The second-order valence-electron chi connectivity index (χ2n) is 5.70. The van der Waals surface area contributed by atoms with Crippen molar-refractivity contribution in [3.8, 4) is 5.75 Å². The Morgan fingerprint density at radius 1 is 1.12 bits per heavy atom. The van der Waals surface area contributed by atoms with Crippen molar-refractivity contribution in [3.05, 3.63) is 58.1 Å². The normalized spacial score (nSPS) is 11.6. The molecule has 0 bridgehead atoms. The second kappa shape index (κ2) is 8.03. The van der Waals surface area contributed by atoms with Gasteiger partial charge in [0.25, 0.3) is 5.91 Å². The number of nitrogens with one attached hydrogen (secondary N) is 1. The number of hydrogen-bond donors (Lipinski definition) is 1. The number of hydrogen-bond acceptors (Lipinski definition) is 4. The SMILES string of the molecule is COc1ccc(Cl)cc1C(=O)O[C@@H](C)C(=O)Nc1ccc(C)cc1C. The summed E-state index contributed by atoms with van der Waals surface area (Å²) in [5.74, 6) is -0.764. The molecule has 2 aromatic rings. The Kier molecular flexibility index (Phi) is 6.04. The number of methoxy groups -OCH3 is 1. The Morgan fingerprint density at radius 2 is 1.84 bits per heavy atom. The van der Waals surface area contributed by atoms with Crippen molar-refractivity contribution in [2.24, 2.45) is 0 Å². The molecule has 2 rings (SSSR count). The molecule has 6 heteroatoms.